The van der Waals surface area contributed by atoms with Crippen LogP contribution in [0.4, 0.5) is 8.78 Å². The lowest BCUT2D eigenvalue weighted by Gasteiger charge is -2.32. The van der Waals surface area contributed by atoms with Crippen LogP contribution in [0.2, 0.25) is 10.0 Å². The molecule has 2 heterocycles. The van der Waals surface area contributed by atoms with Gasteiger partial charge in [-0.25, -0.2) is 8.78 Å². The number of likely N-dealkylation sites (N-methyl/N-ethyl adjacent to an activating group) is 1. The third kappa shape index (κ3) is 4.15. The minimum Gasteiger partial charge on any atom is -0.336 e. The molecule has 0 bridgehead atoms. The van der Waals surface area contributed by atoms with Gasteiger partial charge in [-0.15, -0.1) is 0 Å². The van der Waals surface area contributed by atoms with Gasteiger partial charge in [-0.05, 0) is 37.4 Å². The molecule has 0 spiro atoms. The fourth-order valence-corrected chi connectivity index (χ4v) is 3.93. The number of amides is 1. The van der Waals surface area contributed by atoms with E-state index >= 15 is 0 Å². The molecule has 0 saturated carbocycles. The first kappa shape index (κ1) is 21.0. The number of aromatic nitrogens is 2. The zero-order valence-electron chi connectivity index (χ0n) is 16.3. The smallest absolute Gasteiger partial charge is 0.257 e. The largest absolute Gasteiger partial charge is 0.336 e. The fraction of sp³-hybridized carbons (Fsp3) is 0.333. The van der Waals surface area contributed by atoms with Gasteiger partial charge in [0.2, 0.25) is 0 Å². The highest BCUT2D eigenvalue weighted by molar-refractivity contribution is 6.42. The number of alkyl halides is 2. The van der Waals surface area contributed by atoms with E-state index in [0.717, 1.165) is 13.1 Å². The maximum absolute atomic E-state index is 13.1. The summed E-state index contributed by atoms with van der Waals surface area (Å²) in [4.78, 5) is 17.0. The van der Waals surface area contributed by atoms with E-state index in [1.807, 2.05) is 11.9 Å². The molecule has 158 valence electrons. The molecule has 5 nitrogen and oxygen atoms in total. The zero-order valence-corrected chi connectivity index (χ0v) is 17.8. The van der Waals surface area contributed by atoms with Gasteiger partial charge >= 0.3 is 0 Å². The van der Waals surface area contributed by atoms with Crippen molar-refractivity contribution in [3.05, 3.63) is 52.0 Å². The molecule has 1 saturated heterocycles. The minimum absolute atomic E-state index is 0.0771. The molecule has 0 aliphatic carbocycles. The standard InChI is InChI=1S/C21H20Cl2F2N4O/c1-27-6-8-28(9-7-27)21(30)14-3-5-18-15(10-14)20(26-29(18)12-19(24)25)13-2-4-16(22)17(23)11-13/h2-5,10-11,19H,6-9,12H2,1H3. The van der Waals surface area contributed by atoms with E-state index in [-0.39, 0.29) is 5.91 Å². The summed E-state index contributed by atoms with van der Waals surface area (Å²) in [6.07, 6.45) is -2.55. The average molecular weight is 453 g/mol. The Morgan fingerprint density at radius 2 is 1.80 bits per heavy atom. The van der Waals surface area contributed by atoms with E-state index in [0.29, 0.717) is 50.9 Å². The van der Waals surface area contributed by atoms with Crippen molar-refractivity contribution in [3.8, 4) is 11.3 Å². The highest BCUT2D eigenvalue weighted by Gasteiger charge is 2.22. The second kappa shape index (κ2) is 8.49. The van der Waals surface area contributed by atoms with Gasteiger partial charge in [0.25, 0.3) is 12.3 Å². The number of carbonyl (C=O) groups excluding carboxylic acids is 1. The normalized spacial score (nSPS) is 15.3. The summed E-state index contributed by atoms with van der Waals surface area (Å²) in [7, 11) is 2.02. The SMILES string of the molecule is CN1CCN(C(=O)c2ccc3c(c2)c(-c2ccc(Cl)c(Cl)c2)nn3CC(F)F)CC1. The molecule has 1 aromatic heterocycles. The monoisotopic (exact) mass is 452 g/mol. The molecular formula is C21H20Cl2F2N4O. The summed E-state index contributed by atoms with van der Waals surface area (Å²) >= 11 is 12.2. The molecule has 2 aromatic carbocycles. The number of benzene rings is 2. The van der Waals surface area contributed by atoms with E-state index < -0.39 is 13.0 Å². The molecule has 9 heteroatoms. The molecule has 0 radical (unpaired) electrons. The molecular weight excluding hydrogens is 433 g/mol. The summed E-state index contributed by atoms with van der Waals surface area (Å²) in [5, 5.41) is 5.75. The van der Waals surface area contributed by atoms with Gasteiger partial charge in [0.15, 0.2) is 0 Å². The summed E-state index contributed by atoms with van der Waals surface area (Å²) in [6.45, 7) is 2.39. The van der Waals surface area contributed by atoms with E-state index in [1.54, 1.807) is 36.4 Å². The van der Waals surface area contributed by atoms with Gasteiger partial charge in [-0.2, -0.15) is 5.10 Å². The topological polar surface area (TPSA) is 41.4 Å². The molecule has 3 aromatic rings. The van der Waals surface area contributed by atoms with Crippen LogP contribution in [0.15, 0.2) is 36.4 Å². The van der Waals surface area contributed by atoms with Gasteiger partial charge in [0.1, 0.15) is 12.2 Å². The van der Waals surface area contributed by atoms with Gasteiger partial charge in [-0.1, -0.05) is 29.3 Å². The Bertz CT molecular complexity index is 1090. The Hall–Kier alpha value is -2.22. The van der Waals surface area contributed by atoms with Crippen LogP contribution in [-0.2, 0) is 6.54 Å². The number of carbonyl (C=O) groups is 1. The zero-order chi connectivity index (χ0) is 21.4. The Morgan fingerprint density at radius 1 is 1.07 bits per heavy atom. The van der Waals surface area contributed by atoms with Crippen LogP contribution >= 0.6 is 23.2 Å². The van der Waals surface area contributed by atoms with E-state index in [1.165, 1.54) is 4.68 Å². The lowest BCUT2D eigenvalue weighted by Crippen LogP contribution is -2.47. The van der Waals surface area contributed by atoms with Crippen LogP contribution < -0.4 is 0 Å². The number of nitrogens with zero attached hydrogens (tertiary/aromatic N) is 4. The van der Waals surface area contributed by atoms with E-state index in [2.05, 4.69) is 10.00 Å². The molecule has 30 heavy (non-hydrogen) atoms. The first-order valence-corrected chi connectivity index (χ1v) is 10.3. The summed E-state index contributed by atoms with van der Waals surface area (Å²) in [5.74, 6) is -0.0771. The second-order valence-corrected chi connectivity index (χ2v) is 8.19. The predicted octanol–water partition coefficient (Wildman–Crippen LogP) is 4.66. The number of rotatable bonds is 4. The molecule has 4 rings (SSSR count). The Balaban J connectivity index is 1.78. The maximum atomic E-state index is 13.1. The molecule has 1 aliphatic heterocycles. The quantitative estimate of drug-likeness (QED) is 0.577. The number of piperazine rings is 1. The van der Waals surface area contributed by atoms with Crippen LogP contribution in [-0.4, -0.2) is 65.1 Å². The third-order valence-electron chi connectivity index (χ3n) is 5.29. The average Bonchev–Trinajstić information content (AvgIpc) is 3.07. The van der Waals surface area contributed by atoms with Crippen LogP contribution in [0, 0.1) is 0 Å². The summed E-state index contributed by atoms with van der Waals surface area (Å²) < 4.78 is 27.5. The highest BCUT2D eigenvalue weighted by Crippen LogP contribution is 2.33. The van der Waals surface area contributed by atoms with E-state index in [9.17, 15) is 13.6 Å². The Kier molecular flexibility index (Phi) is 5.95. The number of hydrogen-bond donors (Lipinski definition) is 0. The molecule has 1 aliphatic rings. The van der Waals surface area contributed by atoms with Gasteiger partial charge in [-0.3, -0.25) is 9.48 Å². The van der Waals surface area contributed by atoms with Crippen molar-refractivity contribution in [3.63, 3.8) is 0 Å². The first-order chi connectivity index (χ1) is 14.3. The van der Waals surface area contributed by atoms with Crippen molar-refractivity contribution < 1.29 is 13.6 Å². The Morgan fingerprint density at radius 3 is 2.47 bits per heavy atom. The van der Waals surface area contributed by atoms with Crippen LogP contribution in [0.1, 0.15) is 10.4 Å². The third-order valence-corrected chi connectivity index (χ3v) is 6.03. The van der Waals surface area contributed by atoms with Crippen molar-refractivity contribution >= 4 is 40.0 Å². The lowest BCUT2D eigenvalue weighted by atomic mass is 10.0. The first-order valence-electron chi connectivity index (χ1n) is 9.55. The summed E-state index contributed by atoms with van der Waals surface area (Å²) in [6, 6.07) is 10.1. The van der Waals surface area contributed by atoms with Crippen molar-refractivity contribution in [2.45, 2.75) is 13.0 Å². The molecule has 1 fully saturated rings. The van der Waals surface area contributed by atoms with Crippen molar-refractivity contribution in [1.29, 1.82) is 0 Å². The summed E-state index contributed by atoms with van der Waals surface area (Å²) in [5.41, 5.74) is 2.17. The van der Waals surface area contributed by atoms with Gasteiger partial charge in [0.05, 0.1) is 15.6 Å². The lowest BCUT2D eigenvalue weighted by molar-refractivity contribution is 0.0664. The molecule has 0 N–H and O–H groups in total. The number of fused-ring (bicyclic) bond motifs is 1. The predicted molar refractivity (Wildman–Crippen MR) is 115 cm³/mol. The van der Waals surface area contributed by atoms with Crippen LogP contribution in [0.25, 0.3) is 22.2 Å². The fourth-order valence-electron chi connectivity index (χ4n) is 3.63. The number of hydrogen-bond acceptors (Lipinski definition) is 3. The van der Waals surface area contributed by atoms with Crippen molar-refractivity contribution in [1.82, 2.24) is 19.6 Å². The number of halogens is 4. The molecule has 0 atom stereocenters. The molecule has 1 amide bonds. The van der Waals surface area contributed by atoms with Crippen molar-refractivity contribution in [2.24, 2.45) is 0 Å². The Labute approximate surface area is 182 Å². The second-order valence-electron chi connectivity index (χ2n) is 7.38. The van der Waals surface area contributed by atoms with Gasteiger partial charge < -0.3 is 9.80 Å². The highest BCUT2D eigenvalue weighted by atomic mass is 35.5. The minimum atomic E-state index is -2.55. The van der Waals surface area contributed by atoms with Crippen LogP contribution in [0.5, 0.6) is 0 Å². The van der Waals surface area contributed by atoms with Crippen LogP contribution in [0.3, 0.4) is 0 Å². The van der Waals surface area contributed by atoms with E-state index in [4.69, 9.17) is 23.2 Å². The maximum Gasteiger partial charge on any atom is 0.257 e. The van der Waals surface area contributed by atoms with Crippen molar-refractivity contribution in [2.75, 3.05) is 33.2 Å². The molecule has 0 unspecified atom stereocenters. The van der Waals surface area contributed by atoms with Gasteiger partial charge in [0, 0.05) is 42.7 Å².